The lowest BCUT2D eigenvalue weighted by Crippen LogP contribution is -2.27. The third kappa shape index (κ3) is 3.53. The fraction of sp³-hybridized carbons (Fsp3) is 0.235. The molecule has 2 aromatic carbocycles. The number of thioether (sulfide) groups is 1. The Morgan fingerprint density at radius 1 is 1.20 bits per heavy atom. The van der Waals surface area contributed by atoms with Crippen molar-refractivity contribution in [3.05, 3.63) is 42.5 Å². The second-order valence-electron chi connectivity index (χ2n) is 5.23. The molecule has 0 bridgehead atoms. The highest BCUT2D eigenvalue weighted by molar-refractivity contribution is 8.01. The van der Waals surface area contributed by atoms with Gasteiger partial charge in [0.25, 0.3) is 0 Å². The van der Waals surface area contributed by atoms with Gasteiger partial charge in [-0.1, -0.05) is 48.2 Å². The number of fused-ring (bicyclic) bond motifs is 1. The van der Waals surface area contributed by atoms with Gasteiger partial charge in [-0.05, 0) is 35.7 Å². The molecule has 25 heavy (non-hydrogen) atoms. The minimum atomic E-state index is -1.00. The highest BCUT2D eigenvalue weighted by Crippen LogP contribution is 2.28. The summed E-state index contributed by atoms with van der Waals surface area (Å²) in [7, 11) is 0. The van der Waals surface area contributed by atoms with Crippen molar-refractivity contribution >= 4 is 34.3 Å². The second-order valence-corrected chi connectivity index (χ2v) is 6.30. The van der Waals surface area contributed by atoms with Crippen LogP contribution < -0.4 is 0 Å². The first kappa shape index (κ1) is 17.1. The van der Waals surface area contributed by atoms with Crippen LogP contribution in [0.15, 0.2) is 47.6 Å². The third-order valence-electron chi connectivity index (χ3n) is 3.53. The van der Waals surface area contributed by atoms with Gasteiger partial charge in [0.1, 0.15) is 0 Å². The summed E-state index contributed by atoms with van der Waals surface area (Å²) in [5, 5.41) is 13.1. The summed E-state index contributed by atoms with van der Waals surface area (Å²) in [4.78, 5) is 23.9. The molecule has 1 atom stereocenters. The van der Waals surface area contributed by atoms with Crippen LogP contribution in [-0.4, -0.2) is 43.8 Å². The number of Topliss-reactive ketones (excluding diaryl/α,β-unsaturated/α-hetero) is 1. The van der Waals surface area contributed by atoms with Crippen molar-refractivity contribution in [2.45, 2.75) is 24.3 Å². The molecule has 8 heteroatoms. The van der Waals surface area contributed by atoms with Gasteiger partial charge in [0.2, 0.25) is 5.16 Å². The molecule has 7 nitrogen and oxygen atoms in total. The molecule has 0 fully saturated rings. The summed E-state index contributed by atoms with van der Waals surface area (Å²) >= 11 is 0.984. The number of tetrazole rings is 1. The van der Waals surface area contributed by atoms with Gasteiger partial charge >= 0.3 is 5.97 Å². The average Bonchev–Trinajstić information content (AvgIpc) is 3.07. The number of aromatic nitrogens is 4. The van der Waals surface area contributed by atoms with E-state index in [4.69, 9.17) is 4.74 Å². The van der Waals surface area contributed by atoms with Crippen molar-refractivity contribution in [1.29, 1.82) is 0 Å². The van der Waals surface area contributed by atoms with E-state index in [-0.39, 0.29) is 12.4 Å². The van der Waals surface area contributed by atoms with Crippen LogP contribution in [0.25, 0.3) is 16.5 Å². The van der Waals surface area contributed by atoms with Crippen molar-refractivity contribution in [2.75, 3.05) is 6.61 Å². The number of hydrogen-bond donors (Lipinski definition) is 0. The Balaban J connectivity index is 2.00. The van der Waals surface area contributed by atoms with E-state index >= 15 is 0 Å². The van der Waals surface area contributed by atoms with E-state index in [1.54, 1.807) is 6.92 Å². The molecule has 3 aromatic rings. The minimum absolute atomic E-state index is 0.206. The summed E-state index contributed by atoms with van der Waals surface area (Å²) in [6.45, 7) is 3.25. The number of rotatable bonds is 6. The van der Waals surface area contributed by atoms with Crippen molar-refractivity contribution in [3.8, 4) is 5.69 Å². The van der Waals surface area contributed by atoms with E-state index in [0.29, 0.717) is 5.16 Å². The maximum absolute atomic E-state index is 12.0. The first-order valence-corrected chi connectivity index (χ1v) is 8.60. The Bertz CT molecular complexity index is 920. The molecule has 128 valence electrons. The van der Waals surface area contributed by atoms with E-state index in [1.807, 2.05) is 42.5 Å². The van der Waals surface area contributed by atoms with Crippen LogP contribution in [0.4, 0.5) is 0 Å². The van der Waals surface area contributed by atoms with Gasteiger partial charge in [0, 0.05) is 5.39 Å². The summed E-state index contributed by atoms with van der Waals surface area (Å²) in [5.74, 6) is -0.900. The summed E-state index contributed by atoms with van der Waals surface area (Å²) < 4.78 is 6.50. The summed E-state index contributed by atoms with van der Waals surface area (Å²) in [6.07, 6.45) is 0. The number of carbonyl (C=O) groups is 2. The van der Waals surface area contributed by atoms with E-state index in [2.05, 4.69) is 15.5 Å². The molecule has 0 N–H and O–H groups in total. The van der Waals surface area contributed by atoms with Gasteiger partial charge in [0.05, 0.1) is 12.3 Å². The Morgan fingerprint density at radius 2 is 1.96 bits per heavy atom. The molecule has 0 radical (unpaired) electrons. The number of benzene rings is 2. The number of ether oxygens (including phenoxy) is 1. The topological polar surface area (TPSA) is 87.0 Å². The van der Waals surface area contributed by atoms with Crippen LogP contribution in [-0.2, 0) is 14.3 Å². The van der Waals surface area contributed by atoms with E-state index in [1.165, 1.54) is 11.6 Å². The van der Waals surface area contributed by atoms with Crippen LogP contribution >= 0.6 is 11.8 Å². The van der Waals surface area contributed by atoms with Gasteiger partial charge in [0.15, 0.2) is 11.0 Å². The Kier molecular flexibility index (Phi) is 5.08. The SMILES string of the molecule is CCOC(=O)C(Sc1nnnn1-c1cccc2ccccc12)C(C)=O. The zero-order chi connectivity index (χ0) is 17.8. The minimum Gasteiger partial charge on any atom is -0.465 e. The molecular weight excluding hydrogens is 340 g/mol. The van der Waals surface area contributed by atoms with Crippen LogP contribution in [0.3, 0.4) is 0 Å². The van der Waals surface area contributed by atoms with Gasteiger partial charge in [-0.25, -0.2) is 0 Å². The Morgan fingerprint density at radius 3 is 2.72 bits per heavy atom. The molecule has 0 aliphatic carbocycles. The highest BCUT2D eigenvalue weighted by Gasteiger charge is 2.29. The summed E-state index contributed by atoms with van der Waals surface area (Å²) in [6, 6.07) is 13.6. The molecule has 3 rings (SSSR count). The van der Waals surface area contributed by atoms with Crippen LogP contribution in [0.2, 0.25) is 0 Å². The van der Waals surface area contributed by atoms with Crippen molar-refractivity contribution in [1.82, 2.24) is 20.2 Å². The molecule has 1 heterocycles. The number of carbonyl (C=O) groups excluding carboxylic acids is 2. The third-order valence-corrected chi connectivity index (χ3v) is 4.75. The maximum atomic E-state index is 12.0. The molecule has 0 aliphatic heterocycles. The van der Waals surface area contributed by atoms with Crippen molar-refractivity contribution in [3.63, 3.8) is 0 Å². The standard InChI is InChI=1S/C17H16N4O3S/c1-3-24-16(23)15(11(2)22)25-17-18-19-20-21(17)14-10-6-8-12-7-4-5-9-13(12)14/h4-10,15H,3H2,1-2H3. The molecule has 0 amide bonds. The first-order chi connectivity index (χ1) is 12.1. The molecule has 0 spiro atoms. The molecule has 0 saturated heterocycles. The zero-order valence-corrected chi connectivity index (χ0v) is 14.6. The van der Waals surface area contributed by atoms with Gasteiger partial charge in [-0.3, -0.25) is 9.59 Å². The molecule has 1 aromatic heterocycles. The zero-order valence-electron chi connectivity index (χ0n) is 13.7. The number of hydrogen-bond acceptors (Lipinski definition) is 7. The predicted octanol–water partition coefficient (Wildman–Crippen LogP) is 2.43. The lowest BCUT2D eigenvalue weighted by molar-refractivity contribution is -0.144. The average molecular weight is 356 g/mol. The monoisotopic (exact) mass is 356 g/mol. The Hall–Kier alpha value is -2.74. The fourth-order valence-corrected chi connectivity index (χ4v) is 3.28. The lowest BCUT2D eigenvalue weighted by Gasteiger charge is -2.12. The maximum Gasteiger partial charge on any atom is 0.327 e. The first-order valence-electron chi connectivity index (χ1n) is 7.72. The van der Waals surface area contributed by atoms with Crippen molar-refractivity contribution < 1.29 is 14.3 Å². The molecule has 0 aliphatic rings. The van der Waals surface area contributed by atoms with Crippen LogP contribution in [0.1, 0.15) is 13.8 Å². The predicted molar refractivity (Wildman–Crippen MR) is 93.6 cm³/mol. The quantitative estimate of drug-likeness (QED) is 0.381. The molecule has 0 saturated carbocycles. The lowest BCUT2D eigenvalue weighted by atomic mass is 10.1. The van der Waals surface area contributed by atoms with Gasteiger partial charge < -0.3 is 4.74 Å². The van der Waals surface area contributed by atoms with E-state index in [9.17, 15) is 9.59 Å². The smallest absolute Gasteiger partial charge is 0.327 e. The Labute approximate surface area is 148 Å². The number of ketones is 1. The van der Waals surface area contributed by atoms with Crippen LogP contribution in [0, 0.1) is 0 Å². The largest absolute Gasteiger partial charge is 0.465 e. The normalized spacial score (nSPS) is 12.1. The number of nitrogens with zero attached hydrogens (tertiary/aromatic N) is 4. The highest BCUT2D eigenvalue weighted by atomic mass is 32.2. The van der Waals surface area contributed by atoms with Crippen LogP contribution in [0.5, 0.6) is 0 Å². The van der Waals surface area contributed by atoms with E-state index < -0.39 is 11.2 Å². The number of esters is 1. The van der Waals surface area contributed by atoms with Gasteiger partial charge in [-0.15, -0.1) is 5.10 Å². The molecule has 1 unspecified atom stereocenters. The second kappa shape index (κ2) is 7.43. The molecular formula is C17H16N4O3S. The fourth-order valence-electron chi connectivity index (χ4n) is 2.42. The summed E-state index contributed by atoms with van der Waals surface area (Å²) in [5.41, 5.74) is 0.775. The van der Waals surface area contributed by atoms with Gasteiger partial charge in [-0.2, -0.15) is 4.68 Å². The van der Waals surface area contributed by atoms with E-state index in [0.717, 1.165) is 28.2 Å². The van der Waals surface area contributed by atoms with Crippen molar-refractivity contribution in [2.24, 2.45) is 0 Å².